The Kier molecular flexibility index (Phi) is 5.73. The Balaban J connectivity index is 1.52. The van der Waals surface area contributed by atoms with Crippen molar-refractivity contribution in [2.75, 3.05) is 32.8 Å². The summed E-state index contributed by atoms with van der Waals surface area (Å²) in [5.41, 5.74) is 0.816. The van der Waals surface area contributed by atoms with E-state index >= 15 is 0 Å². The summed E-state index contributed by atoms with van der Waals surface area (Å²) in [6.45, 7) is 8.66. The highest BCUT2D eigenvalue weighted by Crippen LogP contribution is 2.25. The van der Waals surface area contributed by atoms with Gasteiger partial charge in [0.1, 0.15) is 19.5 Å². The van der Waals surface area contributed by atoms with Gasteiger partial charge in [0.25, 0.3) is 5.91 Å². The predicted molar refractivity (Wildman–Crippen MR) is 105 cm³/mol. The Hall–Kier alpha value is -1.18. The predicted octanol–water partition coefficient (Wildman–Crippen LogP) is 3.19. The SMILES string of the molecule is C=[P+](C)c1ccc(C(=O)N2CC(N3CCCC(CC)CC3)C2)cc1. The Morgan fingerprint density at radius 3 is 2.54 bits per heavy atom. The molecule has 1 aromatic carbocycles. The average Bonchev–Trinajstić information content (AvgIpc) is 2.79. The maximum Gasteiger partial charge on any atom is 0.253 e. The zero-order valence-corrected chi connectivity index (χ0v) is 16.0. The number of amides is 1. The highest BCUT2D eigenvalue weighted by Gasteiger charge is 2.35. The lowest BCUT2D eigenvalue weighted by molar-refractivity contribution is 0.0271. The van der Waals surface area contributed by atoms with Crippen LogP contribution in [-0.2, 0) is 0 Å². The Morgan fingerprint density at radius 1 is 1.21 bits per heavy atom. The molecule has 2 fully saturated rings. The van der Waals surface area contributed by atoms with E-state index in [2.05, 4.69) is 36.9 Å². The van der Waals surface area contributed by atoms with Crippen molar-refractivity contribution < 1.29 is 4.79 Å². The summed E-state index contributed by atoms with van der Waals surface area (Å²) in [4.78, 5) is 17.2. The van der Waals surface area contributed by atoms with Gasteiger partial charge in [0.15, 0.2) is 0 Å². The van der Waals surface area contributed by atoms with Crippen molar-refractivity contribution in [1.29, 1.82) is 0 Å². The number of likely N-dealkylation sites (tertiary alicyclic amines) is 2. The van der Waals surface area contributed by atoms with Crippen LogP contribution in [0.1, 0.15) is 43.0 Å². The number of benzene rings is 1. The molecule has 0 aromatic heterocycles. The molecule has 24 heavy (non-hydrogen) atoms. The van der Waals surface area contributed by atoms with Crippen molar-refractivity contribution in [3.05, 3.63) is 29.8 Å². The van der Waals surface area contributed by atoms with Gasteiger partial charge in [-0.3, -0.25) is 9.69 Å². The first kappa shape index (κ1) is 17.6. The molecule has 0 N–H and O–H groups in total. The van der Waals surface area contributed by atoms with E-state index in [1.54, 1.807) is 0 Å². The molecule has 2 heterocycles. The van der Waals surface area contributed by atoms with Gasteiger partial charge in [-0.2, -0.15) is 0 Å². The van der Waals surface area contributed by atoms with Crippen LogP contribution in [0.2, 0.25) is 0 Å². The van der Waals surface area contributed by atoms with Gasteiger partial charge < -0.3 is 4.90 Å². The van der Waals surface area contributed by atoms with E-state index in [-0.39, 0.29) is 13.5 Å². The normalized spacial score (nSPS) is 23.5. The second-order valence-corrected chi connectivity index (χ2v) is 9.26. The summed E-state index contributed by atoms with van der Waals surface area (Å²) in [6.07, 6.45) is 9.42. The Labute approximate surface area is 147 Å². The minimum atomic E-state index is -0.338. The smallest absolute Gasteiger partial charge is 0.253 e. The molecule has 2 aliphatic rings. The average molecular weight is 345 g/mol. The van der Waals surface area contributed by atoms with Crippen molar-refractivity contribution in [1.82, 2.24) is 9.80 Å². The molecule has 1 aromatic rings. The molecule has 0 aliphatic carbocycles. The summed E-state index contributed by atoms with van der Waals surface area (Å²) in [6, 6.07) is 8.62. The minimum absolute atomic E-state index is 0.184. The maximum atomic E-state index is 12.6. The van der Waals surface area contributed by atoms with Gasteiger partial charge in [0.05, 0.1) is 6.30 Å². The fourth-order valence-corrected chi connectivity index (χ4v) is 4.51. The van der Waals surface area contributed by atoms with Crippen LogP contribution in [0, 0.1) is 5.92 Å². The highest BCUT2D eigenvalue weighted by molar-refractivity contribution is 7.62. The topological polar surface area (TPSA) is 23.6 Å². The van der Waals surface area contributed by atoms with Crippen LogP contribution in [0.5, 0.6) is 0 Å². The largest absolute Gasteiger partial charge is 0.335 e. The van der Waals surface area contributed by atoms with Crippen molar-refractivity contribution in [3.63, 3.8) is 0 Å². The van der Waals surface area contributed by atoms with Gasteiger partial charge in [-0.25, -0.2) is 0 Å². The van der Waals surface area contributed by atoms with Crippen LogP contribution < -0.4 is 5.30 Å². The monoisotopic (exact) mass is 345 g/mol. The van der Waals surface area contributed by atoms with Crippen molar-refractivity contribution in [2.24, 2.45) is 5.92 Å². The number of rotatable bonds is 4. The number of carbonyl (C=O) groups is 1. The van der Waals surface area contributed by atoms with Crippen LogP contribution in [0.15, 0.2) is 24.3 Å². The molecule has 1 amide bonds. The molecular formula is C20H30N2OP+. The Morgan fingerprint density at radius 2 is 1.92 bits per heavy atom. The number of carbonyl (C=O) groups excluding carboxylic acids is 1. The van der Waals surface area contributed by atoms with Gasteiger partial charge in [-0.15, -0.1) is 0 Å². The summed E-state index contributed by atoms with van der Waals surface area (Å²) in [5, 5.41) is 1.25. The van der Waals surface area contributed by atoms with Gasteiger partial charge in [-0.1, -0.05) is 13.3 Å². The number of hydrogen-bond donors (Lipinski definition) is 0. The van der Waals surface area contributed by atoms with Crippen LogP contribution in [-0.4, -0.2) is 60.9 Å². The Bertz CT molecular complexity index is 592. The molecule has 2 aliphatic heterocycles. The minimum Gasteiger partial charge on any atom is -0.335 e. The van der Waals surface area contributed by atoms with Gasteiger partial charge in [-0.05, 0) is 62.5 Å². The van der Waals surface area contributed by atoms with Crippen molar-refractivity contribution >= 4 is 25.1 Å². The van der Waals surface area contributed by atoms with E-state index in [0.717, 1.165) is 24.6 Å². The first-order valence-electron chi connectivity index (χ1n) is 9.26. The molecule has 3 nitrogen and oxygen atoms in total. The molecule has 2 unspecified atom stereocenters. The molecule has 3 rings (SSSR count). The second-order valence-electron chi connectivity index (χ2n) is 7.35. The van der Waals surface area contributed by atoms with E-state index in [0.29, 0.717) is 6.04 Å². The highest BCUT2D eigenvalue weighted by atomic mass is 31.1. The van der Waals surface area contributed by atoms with Crippen LogP contribution in [0.4, 0.5) is 0 Å². The molecule has 130 valence electrons. The van der Waals surface area contributed by atoms with Crippen LogP contribution in [0.3, 0.4) is 0 Å². The molecule has 0 saturated carbocycles. The molecule has 0 spiro atoms. The van der Waals surface area contributed by atoms with E-state index in [1.807, 2.05) is 17.0 Å². The molecule has 0 radical (unpaired) electrons. The van der Waals surface area contributed by atoms with Crippen molar-refractivity contribution in [3.8, 4) is 0 Å². The fourth-order valence-electron chi connectivity index (χ4n) is 3.85. The molecule has 4 heteroatoms. The van der Waals surface area contributed by atoms with E-state index in [9.17, 15) is 4.79 Å². The van der Waals surface area contributed by atoms with Crippen LogP contribution in [0.25, 0.3) is 0 Å². The second kappa shape index (κ2) is 7.80. The summed E-state index contributed by atoms with van der Waals surface area (Å²) < 4.78 is 0. The van der Waals surface area contributed by atoms with Gasteiger partial charge in [0, 0.05) is 24.7 Å². The first-order chi connectivity index (χ1) is 11.6. The maximum absolute atomic E-state index is 12.6. The lowest BCUT2D eigenvalue weighted by atomic mass is 9.98. The summed E-state index contributed by atoms with van der Waals surface area (Å²) in [5.74, 6) is 1.09. The number of nitrogens with zero attached hydrogens (tertiary/aromatic N) is 2. The molecule has 2 saturated heterocycles. The zero-order chi connectivity index (χ0) is 17.1. The van der Waals surface area contributed by atoms with Crippen LogP contribution >= 0.6 is 7.55 Å². The zero-order valence-electron chi connectivity index (χ0n) is 15.1. The van der Waals surface area contributed by atoms with Gasteiger partial charge >= 0.3 is 0 Å². The molecule has 2 atom stereocenters. The third kappa shape index (κ3) is 3.90. The summed E-state index contributed by atoms with van der Waals surface area (Å²) in [7, 11) is -0.338. The quantitative estimate of drug-likeness (QED) is 0.783. The fraction of sp³-hybridized carbons (Fsp3) is 0.600. The molecular weight excluding hydrogens is 315 g/mol. The van der Waals surface area contributed by atoms with Crippen molar-refractivity contribution in [2.45, 2.75) is 38.6 Å². The van der Waals surface area contributed by atoms with E-state index in [4.69, 9.17) is 0 Å². The lowest BCUT2D eigenvalue weighted by Gasteiger charge is -2.45. The van der Waals surface area contributed by atoms with E-state index in [1.165, 1.54) is 44.1 Å². The molecule has 0 bridgehead atoms. The van der Waals surface area contributed by atoms with E-state index < -0.39 is 0 Å². The number of hydrogen-bond acceptors (Lipinski definition) is 2. The van der Waals surface area contributed by atoms with Gasteiger partial charge in [0.2, 0.25) is 0 Å². The third-order valence-electron chi connectivity index (χ3n) is 5.68. The summed E-state index contributed by atoms with van der Waals surface area (Å²) >= 11 is 0. The lowest BCUT2D eigenvalue weighted by Crippen LogP contribution is -2.61. The standard InChI is InChI=1S/C20H30N2OP/c1-4-16-6-5-12-21(13-11-16)18-14-22(15-18)20(23)17-7-9-19(10-8-17)24(2)3/h7-10,16,18H,2,4-6,11-15H2,1,3H3/q+1. The third-order valence-corrected chi connectivity index (χ3v) is 6.86. The first-order valence-corrected chi connectivity index (χ1v) is 11.2.